The summed E-state index contributed by atoms with van der Waals surface area (Å²) in [6.45, 7) is 4.14. The molecule has 0 radical (unpaired) electrons. The van der Waals surface area contributed by atoms with Crippen molar-refractivity contribution in [1.29, 1.82) is 0 Å². The van der Waals surface area contributed by atoms with Crippen molar-refractivity contribution in [2.75, 3.05) is 0 Å². The van der Waals surface area contributed by atoms with E-state index in [2.05, 4.69) is 18.8 Å². The Hall–Kier alpha value is -1.38. The fourth-order valence-electron chi connectivity index (χ4n) is 1.02. The van der Waals surface area contributed by atoms with Crippen LogP contribution in [-0.2, 0) is 4.79 Å². The van der Waals surface area contributed by atoms with Crippen LogP contribution < -0.4 is 0 Å². The molecule has 3 nitrogen and oxygen atoms in total. The summed E-state index contributed by atoms with van der Waals surface area (Å²) >= 11 is 0. The second kappa shape index (κ2) is 3.85. The molecule has 0 fully saturated rings. The Bertz CT molecular complexity index is 286. The van der Waals surface area contributed by atoms with Crippen molar-refractivity contribution in [2.45, 2.75) is 19.9 Å². The third kappa shape index (κ3) is 1.81. The maximum Gasteiger partial charge on any atom is 0.142 e. The molecule has 0 aromatic carbocycles. The van der Waals surface area contributed by atoms with Crippen LogP contribution in [0.2, 0.25) is 0 Å². The molecular formula is C9H12N2O. The van der Waals surface area contributed by atoms with E-state index in [0.717, 1.165) is 12.1 Å². The minimum Gasteiger partial charge on any atom is -0.329 e. The predicted octanol–water partition coefficient (Wildman–Crippen LogP) is 1.68. The maximum absolute atomic E-state index is 10.1. The van der Waals surface area contributed by atoms with E-state index in [1.165, 1.54) is 6.08 Å². The second-order valence-electron chi connectivity index (χ2n) is 2.78. The molecule has 0 saturated heterocycles. The quantitative estimate of drug-likeness (QED) is 0.503. The largest absolute Gasteiger partial charge is 0.329 e. The summed E-state index contributed by atoms with van der Waals surface area (Å²) < 4.78 is 2.00. The summed E-state index contributed by atoms with van der Waals surface area (Å²) in [5, 5.41) is 0. The Labute approximate surface area is 71.7 Å². The Kier molecular flexibility index (Phi) is 2.80. The van der Waals surface area contributed by atoms with Crippen molar-refractivity contribution in [3.8, 4) is 0 Å². The molecule has 0 aliphatic carbocycles. The Balaban J connectivity index is 2.91. The zero-order valence-electron chi connectivity index (χ0n) is 7.27. The van der Waals surface area contributed by atoms with Crippen molar-refractivity contribution < 1.29 is 4.79 Å². The highest BCUT2D eigenvalue weighted by Gasteiger charge is 2.00. The van der Waals surface area contributed by atoms with E-state index in [1.54, 1.807) is 12.3 Å². The van der Waals surface area contributed by atoms with Gasteiger partial charge in [0.05, 0.1) is 0 Å². The third-order valence-electron chi connectivity index (χ3n) is 1.58. The van der Waals surface area contributed by atoms with Crippen LogP contribution >= 0.6 is 0 Å². The lowest BCUT2D eigenvalue weighted by molar-refractivity contribution is -0.104. The molecule has 0 unspecified atom stereocenters. The molecule has 0 saturated carbocycles. The van der Waals surface area contributed by atoms with Crippen molar-refractivity contribution in [1.82, 2.24) is 9.55 Å². The van der Waals surface area contributed by atoms with Gasteiger partial charge in [-0.3, -0.25) is 4.79 Å². The molecule has 0 amide bonds. The van der Waals surface area contributed by atoms with Gasteiger partial charge in [0.15, 0.2) is 0 Å². The lowest BCUT2D eigenvalue weighted by atomic mass is 10.3. The van der Waals surface area contributed by atoms with E-state index in [4.69, 9.17) is 0 Å². The van der Waals surface area contributed by atoms with Crippen molar-refractivity contribution in [3.05, 3.63) is 24.3 Å². The molecule has 0 atom stereocenters. The summed E-state index contributed by atoms with van der Waals surface area (Å²) in [6, 6.07) is 0.374. The molecule has 0 N–H and O–H groups in total. The van der Waals surface area contributed by atoms with Crippen LogP contribution in [-0.4, -0.2) is 15.8 Å². The van der Waals surface area contributed by atoms with Crippen LogP contribution in [0.3, 0.4) is 0 Å². The van der Waals surface area contributed by atoms with Crippen molar-refractivity contribution in [2.24, 2.45) is 0 Å². The van der Waals surface area contributed by atoms with Crippen molar-refractivity contribution in [3.63, 3.8) is 0 Å². The standard InChI is InChI=1S/C9H12N2O/c1-8(2)11-6-5-10-9(11)4-3-7-12/h3-8H,1-2H3/b4-3+. The first-order valence-electron chi connectivity index (χ1n) is 3.90. The molecule has 0 aliphatic rings. The van der Waals surface area contributed by atoms with Crippen LogP contribution in [0.1, 0.15) is 25.7 Å². The Morgan fingerprint density at radius 1 is 1.58 bits per heavy atom. The smallest absolute Gasteiger partial charge is 0.142 e. The summed E-state index contributed by atoms with van der Waals surface area (Å²) in [5.74, 6) is 0.817. The van der Waals surface area contributed by atoms with Gasteiger partial charge >= 0.3 is 0 Å². The first-order chi connectivity index (χ1) is 5.75. The zero-order valence-corrected chi connectivity index (χ0v) is 7.27. The number of hydrogen-bond donors (Lipinski definition) is 0. The molecule has 1 heterocycles. The molecule has 64 valence electrons. The van der Waals surface area contributed by atoms with Crippen LogP contribution in [0.25, 0.3) is 6.08 Å². The summed E-state index contributed by atoms with van der Waals surface area (Å²) in [5.41, 5.74) is 0. The molecule has 0 spiro atoms. The van der Waals surface area contributed by atoms with E-state index >= 15 is 0 Å². The number of aldehydes is 1. The Morgan fingerprint density at radius 3 is 2.92 bits per heavy atom. The van der Waals surface area contributed by atoms with Crippen molar-refractivity contribution >= 4 is 12.4 Å². The normalized spacial score (nSPS) is 11.2. The van der Waals surface area contributed by atoms with Crippen LogP contribution in [0.5, 0.6) is 0 Å². The lowest BCUT2D eigenvalue weighted by Gasteiger charge is -2.07. The number of carbonyl (C=O) groups is 1. The van der Waals surface area contributed by atoms with Gasteiger partial charge in [-0.2, -0.15) is 0 Å². The van der Waals surface area contributed by atoms with Gasteiger partial charge in [0.1, 0.15) is 12.1 Å². The second-order valence-corrected chi connectivity index (χ2v) is 2.78. The van der Waals surface area contributed by atoms with Gasteiger partial charge in [-0.25, -0.2) is 4.98 Å². The van der Waals surface area contributed by atoms with E-state index in [9.17, 15) is 4.79 Å². The number of carbonyl (C=O) groups excluding carboxylic acids is 1. The van der Waals surface area contributed by atoms with E-state index in [1.807, 2.05) is 10.8 Å². The number of rotatable bonds is 3. The average Bonchev–Trinajstić information content (AvgIpc) is 2.48. The number of hydrogen-bond acceptors (Lipinski definition) is 2. The molecule has 1 rings (SSSR count). The number of allylic oxidation sites excluding steroid dienone is 1. The average molecular weight is 164 g/mol. The third-order valence-corrected chi connectivity index (χ3v) is 1.58. The molecule has 1 aromatic rings. The molecule has 3 heteroatoms. The van der Waals surface area contributed by atoms with Crippen LogP contribution in [0, 0.1) is 0 Å². The first-order valence-corrected chi connectivity index (χ1v) is 3.90. The van der Waals surface area contributed by atoms with Gasteiger partial charge in [0.25, 0.3) is 0 Å². The molecule has 0 bridgehead atoms. The van der Waals surface area contributed by atoms with E-state index < -0.39 is 0 Å². The number of nitrogens with zero attached hydrogens (tertiary/aromatic N) is 2. The van der Waals surface area contributed by atoms with Gasteiger partial charge in [0.2, 0.25) is 0 Å². The van der Waals surface area contributed by atoms with E-state index in [0.29, 0.717) is 6.04 Å². The SMILES string of the molecule is CC(C)n1ccnc1/C=C/C=O. The minimum atomic E-state index is 0.374. The fourth-order valence-corrected chi connectivity index (χ4v) is 1.02. The summed E-state index contributed by atoms with van der Waals surface area (Å²) in [4.78, 5) is 14.1. The van der Waals surface area contributed by atoms with Gasteiger partial charge in [-0.05, 0) is 26.0 Å². The first kappa shape index (κ1) is 8.71. The number of aromatic nitrogens is 2. The molecule has 1 aromatic heterocycles. The highest BCUT2D eigenvalue weighted by atomic mass is 16.1. The summed E-state index contributed by atoms with van der Waals surface area (Å²) in [7, 11) is 0. The highest BCUT2D eigenvalue weighted by molar-refractivity contribution is 5.72. The fraction of sp³-hybridized carbons (Fsp3) is 0.333. The highest BCUT2D eigenvalue weighted by Crippen LogP contribution is 2.08. The lowest BCUT2D eigenvalue weighted by Crippen LogP contribution is -2.01. The topological polar surface area (TPSA) is 34.9 Å². The van der Waals surface area contributed by atoms with Gasteiger partial charge in [-0.1, -0.05) is 0 Å². The maximum atomic E-state index is 10.1. The van der Waals surface area contributed by atoms with Gasteiger partial charge in [-0.15, -0.1) is 0 Å². The molecular weight excluding hydrogens is 152 g/mol. The zero-order chi connectivity index (χ0) is 8.97. The van der Waals surface area contributed by atoms with Crippen LogP contribution in [0.4, 0.5) is 0 Å². The molecule has 12 heavy (non-hydrogen) atoms. The summed E-state index contributed by atoms with van der Waals surface area (Å²) in [6.07, 6.45) is 7.52. The predicted molar refractivity (Wildman–Crippen MR) is 47.7 cm³/mol. The van der Waals surface area contributed by atoms with Crippen LogP contribution in [0.15, 0.2) is 18.5 Å². The van der Waals surface area contributed by atoms with E-state index in [-0.39, 0.29) is 0 Å². The number of imidazole rings is 1. The van der Waals surface area contributed by atoms with Gasteiger partial charge in [0, 0.05) is 18.4 Å². The monoisotopic (exact) mass is 164 g/mol. The molecule has 0 aliphatic heterocycles. The Morgan fingerprint density at radius 2 is 2.33 bits per heavy atom. The van der Waals surface area contributed by atoms with Gasteiger partial charge < -0.3 is 4.57 Å². The minimum absolute atomic E-state index is 0.374.